The van der Waals surface area contributed by atoms with Crippen LogP contribution in [0.25, 0.3) is 0 Å². The minimum Gasteiger partial charge on any atom is -0.507 e. The number of carbonyl (C=O) groups is 2. The Kier molecular flexibility index (Phi) is 11.7. The van der Waals surface area contributed by atoms with Gasteiger partial charge >= 0.3 is 6.03 Å². The number of aryl methyl sites for hydroxylation is 2. The maximum absolute atomic E-state index is 14.1. The molecular weight excluding hydrogens is 598 g/mol. The van der Waals surface area contributed by atoms with Gasteiger partial charge < -0.3 is 30.4 Å². The second kappa shape index (κ2) is 15.9. The Labute approximate surface area is 278 Å². The first-order valence-corrected chi connectivity index (χ1v) is 16.9. The number of nitrogens with one attached hydrogen (secondary N) is 3. The number of aliphatic imine (C=N–C) groups is 1. The van der Waals surface area contributed by atoms with Gasteiger partial charge in [-0.05, 0) is 43.4 Å². The van der Waals surface area contributed by atoms with Crippen LogP contribution in [0.15, 0.2) is 47.5 Å². The third-order valence-corrected chi connectivity index (χ3v) is 10.1. The largest absolute Gasteiger partial charge is 0.507 e. The Morgan fingerprint density at radius 3 is 2.23 bits per heavy atom. The molecule has 0 aliphatic carbocycles. The lowest BCUT2D eigenvalue weighted by Gasteiger charge is -2.47. The van der Waals surface area contributed by atoms with E-state index in [1.165, 1.54) is 0 Å². The molecule has 3 aliphatic heterocycles. The smallest absolute Gasteiger partial charge is 0.318 e. The summed E-state index contributed by atoms with van der Waals surface area (Å²) in [5, 5.41) is 13.5. The monoisotopic (exact) mass is 650 g/mol. The highest BCUT2D eigenvalue weighted by molar-refractivity contribution is 5.98. The van der Waals surface area contributed by atoms with E-state index in [-0.39, 0.29) is 23.7 Å². The fourth-order valence-corrected chi connectivity index (χ4v) is 7.19. The highest BCUT2D eigenvalue weighted by Crippen LogP contribution is 2.27. The summed E-state index contributed by atoms with van der Waals surface area (Å²) in [7, 11) is 3.52. The predicted molar refractivity (Wildman–Crippen MR) is 181 cm³/mol. The molecule has 1 atom stereocenters. The van der Waals surface area contributed by atoms with Crippen molar-refractivity contribution < 1.29 is 28.9 Å². The Balaban J connectivity index is 1.21. The Morgan fingerprint density at radius 1 is 1.00 bits per heavy atom. The van der Waals surface area contributed by atoms with Gasteiger partial charge in [-0.3, -0.25) is 9.79 Å². The van der Waals surface area contributed by atoms with Gasteiger partial charge in [0.1, 0.15) is 36.8 Å². The van der Waals surface area contributed by atoms with E-state index in [2.05, 4.69) is 21.2 Å². The van der Waals surface area contributed by atoms with E-state index in [9.17, 15) is 14.7 Å². The van der Waals surface area contributed by atoms with E-state index in [1.807, 2.05) is 61.2 Å². The first kappa shape index (κ1) is 34.6. The van der Waals surface area contributed by atoms with Crippen molar-refractivity contribution in [2.75, 3.05) is 66.6 Å². The lowest BCUT2D eigenvalue weighted by atomic mass is 9.99. The van der Waals surface area contributed by atoms with Crippen molar-refractivity contribution in [1.29, 1.82) is 0 Å². The minimum absolute atomic E-state index is 0.0874. The van der Waals surface area contributed by atoms with Crippen LogP contribution in [0.4, 0.5) is 4.79 Å². The van der Waals surface area contributed by atoms with Crippen LogP contribution in [0.2, 0.25) is 0 Å². The van der Waals surface area contributed by atoms with Gasteiger partial charge in [-0.2, -0.15) is 4.65 Å². The van der Waals surface area contributed by atoms with E-state index in [1.54, 1.807) is 19.1 Å². The van der Waals surface area contributed by atoms with Crippen LogP contribution in [0.5, 0.6) is 5.75 Å². The van der Waals surface area contributed by atoms with E-state index in [0.717, 1.165) is 67.0 Å². The minimum atomic E-state index is -0.733. The molecule has 3 amide bonds. The van der Waals surface area contributed by atoms with Gasteiger partial charge in [0.2, 0.25) is 5.91 Å². The van der Waals surface area contributed by atoms with Crippen molar-refractivity contribution >= 4 is 17.8 Å². The number of amides is 3. The number of hydrazine groups is 1. The number of phenols is 1. The number of hydrogen-bond donors (Lipinski definition) is 4. The first-order chi connectivity index (χ1) is 22.7. The van der Waals surface area contributed by atoms with Crippen LogP contribution in [0.1, 0.15) is 47.9 Å². The average molecular weight is 651 g/mol. The predicted octanol–water partition coefficient (Wildman–Crippen LogP) is 2.66. The molecule has 5 rings (SSSR count). The second-order valence-corrected chi connectivity index (χ2v) is 13.0. The molecule has 256 valence electrons. The van der Waals surface area contributed by atoms with Gasteiger partial charge in [0.05, 0.1) is 33.4 Å². The summed E-state index contributed by atoms with van der Waals surface area (Å²) in [4.78, 5) is 41.9. The molecule has 0 bridgehead atoms. The van der Waals surface area contributed by atoms with E-state index < -0.39 is 6.04 Å². The number of benzene rings is 2. The number of urea groups is 1. The number of piperidine rings is 1. The van der Waals surface area contributed by atoms with Gasteiger partial charge in [0, 0.05) is 51.0 Å². The van der Waals surface area contributed by atoms with Crippen LogP contribution >= 0.6 is 0 Å². The zero-order valence-electron chi connectivity index (χ0n) is 28.3. The topological polar surface area (TPSA) is 128 Å². The fourth-order valence-electron chi connectivity index (χ4n) is 7.19. The highest BCUT2D eigenvalue weighted by atomic mass is 16.7. The molecule has 12 heteroatoms. The quantitative estimate of drug-likeness (QED) is 0.142. The Bertz CT molecular complexity index is 1360. The van der Waals surface area contributed by atoms with Gasteiger partial charge in [-0.1, -0.05) is 42.5 Å². The number of aromatic hydroxyl groups is 1. The number of quaternary nitrogens is 1. The summed E-state index contributed by atoms with van der Waals surface area (Å²) in [6.07, 6.45) is 3.76. The number of piperazine rings is 1. The molecule has 0 saturated carbocycles. The molecule has 3 saturated heterocycles. The van der Waals surface area contributed by atoms with Crippen molar-refractivity contribution in [2.24, 2.45) is 4.99 Å². The van der Waals surface area contributed by atoms with Gasteiger partial charge in [-0.25, -0.2) is 15.1 Å². The summed E-state index contributed by atoms with van der Waals surface area (Å²) in [6.45, 7) is 8.83. The number of rotatable bonds is 9. The molecule has 4 N–H and O–H groups in total. The van der Waals surface area contributed by atoms with Crippen molar-refractivity contribution in [3.8, 4) is 5.75 Å². The number of nitrogens with zero attached hydrogens (tertiary/aromatic N) is 4. The van der Waals surface area contributed by atoms with Gasteiger partial charge in [0.15, 0.2) is 0 Å². The molecule has 0 unspecified atom stereocenters. The van der Waals surface area contributed by atoms with Crippen LogP contribution in [0, 0.1) is 13.8 Å². The Morgan fingerprint density at radius 2 is 1.64 bits per heavy atom. The van der Waals surface area contributed by atoms with Crippen molar-refractivity contribution in [1.82, 2.24) is 26.0 Å². The molecule has 0 radical (unpaired) electrons. The standard InChI is InChI=1S/C35H51N7O5/c1-25-22-27(23-26(2)32(25)43)24-31(34(44)40-16-18-42(46-4,19-17-40)30-12-20-47-21-13-30)37-35(45)41-14-10-29(11-15-41)38-39-33(36-3)28-8-6-5-7-9-28/h5-9,22-23,29-31,38H,10-21,24H2,1-4H3,(H2-,36,37,39,43,45)/p+1/t31-/m1/s1. The number of hydroxylamine groups is 3. The number of hydrogen-bond acceptors (Lipinski definition) is 7. The van der Waals surface area contributed by atoms with Crippen molar-refractivity contribution in [3.63, 3.8) is 0 Å². The second-order valence-electron chi connectivity index (χ2n) is 13.0. The third-order valence-electron chi connectivity index (χ3n) is 10.1. The lowest BCUT2D eigenvalue weighted by Crippen LogP contribution is -2.66. The van der Waals surface area contributed by atoms with E-state index >= 15 is 0 Å². The number of likely N-dealkylation sites (tertiary alicyclic amines) is 1. The molecule has 3 fully saturated rings. The van der Waals surface area contributed by atoms with Crippen molar-refractivity contribution in [2.45, 2.75) is 64.1 Å². The third kappa shape index (κ3) is 8.42. The number of phenolic OH excluding ortho intramolecular Hbond substituents is 1. The molecular formula is C35H52N7O5+. The summed E-state index contributed by atoms with van der Waals surface area (Å²) in [5.74, 6) is 0.931. The zero-order chi connectivity index (χ0) is 33.4. The van der Waals surface area contributed by atoms with Crippen molar-refractivity contribution in [3.05, 3.63) is 64.7 Å². The summed E-state index contributed by atoms with van der Waals surface area (Å²) in [5.41, 5.74) is 10.0. The highest BCUT2D eigenvalue weighted by Gasteiger charge is 2.44. The fraction of sp³-hybridized carbons (Fsp3) is 0.571. The maximum Gasteiger partial charge on any atom is 0.318 e. The molecule has 3 aliphatic rings. The van der Waals surface area contributed by atoms with Crippen LogP contribution in [-0.2, 0) is 20.8 Å². The van der Waals surface area contributed by atoms with Crippen LogP contribution in [0.3, 0.4) is 0 Å². The Hall–Kier alpha value is -3.71. The van der Waals surface area contributed by atoms with E-state index in [4.69, 9.17) is 9.57 Å². The zero-order valence-corrected chi connectivity index (χ0v) is 28.3. The van der Waals surface area contributed by atoms with Crippen LogP contribution < -0.4 is 16.2 Å². The first-order valence-electron chi connectivity index (χ1n) is 16.9. The molecule has 0 spiro atoms. The maximum atomic E-state index is 14.1. The molecule has 0 aromatic heterocycles. The van der Waals surface area contributed by atoms with Gasteiger partial charge in [0.25, 0.3) is 0 Å². The molecule has 12 nitrogen and oxygen atoms in total. The SMILES string of the molecule is CN=C(NNC1CCN(C(=O)N[C@H](Cc2cc(C)c(O)c(C)c2)C(=O)N2CC[N+](OC)(C3CCOCC3)CC2)CC1)c1ccccc1. The van der Waals surface area contributed by atoms with Crippen LogP contribution in [-0.4, -0.2) is 122 Å². The summed E-state index contributed by atoms with van der Waals surface area (Å²) in [6, 6.07) is 13.3. The molecule has 47 heavy (non-hydrogen) atoms. The number of ether oxygens (including phenoxy) is 1. The molecule has 3 heterocycles. The number of carbonyl (C=O) groups excluding carboxylic acids is 2. The normalized spacial score (nSPS) is 20.1. The van der Waals surface area contributed by atoms with E-state index in [0.29, 0.717) is 56.4 Å². The lowest BCUT2D eigenvalue weighted by molar-refractivity contribution is -1.12. The average Bonchev–Trinajstić information content (AvgIpc) is 3.11. The molecule has 2 aromatic rings. The summed E-state index contributed by atoms with van der Waals surface area (Å²) >= 11 is 0. The summed E-state index contributed by atoms with van der Waals surface area (Å²) < 4.78 is 6.12. The molecule has 2 aromatic carbocycles. The van der Waals surface area contributed by atoms with Gasteiger partial charge in [-0.15, -0.1) is 0 Å². The number of amidine groups is 1.